The number of nitrogens with two attached hydrogens (primary N) is 1. The van der Waals surface area contributed by atoms with Crippen molar-refractivity contribution >= 4 is 0 Å². The summed E-state index contributed by atoms with van der Waals surface area (Å²) in [7, 11) is 0. The SMILES string of the molecule is CCCCC1CCC(CN)CC1. The highest BCUT2D eigenvalue weighted by Gasteiger charge is 2.19. The van der Waals surface area contributed by atoms with Crippen LogP contribution in [-0.4, -0.2) is 6.54 Å². The number of rotatable bonds is 4. The first-order chi connectivity index (χ1) is 5.86. The third-order valence-electron chi connectivity index (χ3n) is 3.27. The molecule has 0 aromatic rings. The van der Waals surface area contributed by atoms with E-state index in [-0.39, 0.29) is 0 Å². The van der Waals surface area contributed by atoms with Gasteiger partial charge in [0.25, 0.3) is 0 Å². The molecule has 0 aromatic heterocycles. The van der Waals surface area contributed by atoms with Gasteiger partial charge in [-0.2, -0.15) is 0 Å². The van der Waals surface area contributed by atoms with Gasteiger partial charge >= 0.3 is 0 Å². The Morgan fingerprint density at radius 2 is 1.67 bits per heavy atom. The van der Waals surface area contributed by atoms with E-state index in [9.17, 15) is 0 Å². The van der Waals surface area contributed by atoms with Crippen LogP contribution in [0.5, 0.6) is 0 Å². The molecule has 1 aliphatic rings. The van der Waals surface area contributed by atoms with Gasteiger partial charge < -0.3 is 5.73 Å². The fraction of sp³-hybridized carbons (Fsp3) is 1.00. The first kappa shape index (κ1) is 10.0. The van der Waals surface area contributed by atoms with Crippen LogP contribution in [0.3, 0.4) is 0 Å². The van der Waals surface area contributed by atoms with Gasteiger partial charge in [0, 0.05) is 0 Å². The highest BCUT2D eigenvalue weighted by atomic mass is 14.5. The lowest BCUT2D eigenvalue weighted by Gasteiger charge is -2.27. The second kappa shape index (κ2) is 5.58. The Balaban J connectivity index is 2.09. The Kier molecular flexibility index (Phi) is 4.67. The maximum absolute atomic E-state index is 5.65. The molecule has 0 atom stereocenters. The van der Waals surface area contributed by atoms with Crippen LogP contribution >= 0.6 is 0 Å². The van der Waals surface area contributed by atoms with Gasteiger partial charge in [-0.05, 0) is 31.2 Å². The van der Waals surface area contributed by atoms with Crippen molar-refractivity contribution in [1.29, 1.82) is 0 Å². The molecule has 0 aromatic carbocycles. The molecular formula is C11H23N. The van der Waals surface area contributed by atoms with Crippen LogP contribution in [0, 0.1) is 11.8 Å². The van der Waals surface area contributed by atoms with E-state index < -0.39 is 0 Å². The standard InChI is InChI=1S/C11H23N/c1-2-3-4-10-5-7-11(9-12)8-6-10/h10-11H,2-9,12H2,1H3. The quantitative estimate of drug-likeness (QED) is 0.688. The zero-order valence-electron chi connectivity index (χ0n) is 8.39. The lowest BCUT2D eigenvalue weighted by molar-refractivity contribution is 0.264. The monoisotopic (exact) mass is 169 g/mol. The molecular weight excluding hydrogens is 146 g/mol. The predicted octanol–water partition coefficient (Wildman–Crippen LogP) is 2.94. The minimum atomic E-state index is 0.850. The molecule has 1 aliphatic carbocycles. The van der Waals surface area contributed by atoms with Gasteiger partial charge in [0.15, 0.2) is 0 Å². The minimum Gasteiger partial charge on any atom is -0.330 e. The van der Waals surface area contributed by atoms with Crippen molar-refractivity contribution in [3.8, 4) is 0 Å². The highest BCUT2D eigenvalue weighted by Crippen LogP contribution is 2.31. The summed E-state index contributed by atoms with van der Waals surface area (Å²) in [6.07, 6.45) is 9.93. The predicted molar refractivity (Wildman–Crippen MR) is 54.0 cm³/mol. The van der Waals surface area contributed by atoms with Crippen LogP contribution in [-0.2, 0) is 0 Å². The highest BCUT2D eigenvalue weighted by molar-refractivity contribution is 4.72. The summed E-state index contributed by atoms with van der Waals surface area (Å²) in [5.41, 5.74) is 5.65. The van der Waals surface area contributed by atoms with Crippen molar-refractivity contribution in [1.82, 2.24) is 0 Å². The molecule has 0 saturated heterocycles. The van der Waals surface area contributed by atoms with Crippen molar-refractivity contribution < 1.29 is 0 Å². The maximum atomic E-state index is 5.65. The third-order valence-corrected chi connectivity index (χ3v) is 3.27. The van der Waals surface area contributed by atoms with E-state index in [1.165, 1.54) is 44.9 Å². The molecule has 1 nitrogen and oxygen atoms in total. The average molecular weight is 169 g/mol. The summed E-state index contributed by atoms with van der Waals surface area (Å²) >= 11 is 0. The van der Waals surface area contributed by atoms with Gasteiger partial charge in [-0.25, -0.2) is 0 Å². The van der Waals surface area contributed by atoms with Gasteiger partial charge in [-0.1, -0.05) is 39.0 Å². The first-order valence-corrected chi connectivity index (χ1v) is 5.56. The number of hydrogen-bond donors (Lipinski definition) is 1. The van der Waals surface area contributed by atoms with Crippen molar-refractivity contribution in [2.45, 2.75) is 51.9 Å². The van der Waals surface area contributed by atoms with E-state index in [4.69, 9.17) is 5.73 Å². The smallest absolute Gasteiger partial charge is 0.00489 e. The third kappa shape index (κ3) is 3.14. The van der Waals surface area contributed by atoms with Gasteiger partial charge in [-0.3, -0.25) is 0 Å². The summed E-state index contributed by atoms with van der Waals surface area (Å²) in [4.78, 5) is 0. The minimum absolute atomic E-state index is 0.850. The Hall–Kier alpha value is -0.0400. The number of unbranched alkanes of at least 4 members (excludes halogenated alkanes) is 1. The largest absolute Gasteiger partial charge is 0.330 e. The van der Waals surface area contributed by atoms with E-state index in [1.807, 2.05) is 0 Å². The fourth-order valence-corrected chi connectivity index (χ4v) is 2.25. The van der Waals surface area contributed by atoms with Crippen LogP contribution in [0.1, 0.15) is 51.9 Å². The summed E-state index contributed by atoms with van der Waals surface area (Å²) in [6.45, 7) is 3.20. The second-order valence-corrected chi connectivity index (χ2v) is 4.26. The van der Waals surface area contributed by atoms with Gasteiger partial charge in [-0.15, -0.1) is 0 Å². The molecule has 0 radical (unpaired) electrons. The van der Waals surface area contributed by atoms with Crippen molar-refractivity contribution in [2.75, 3.05) is 6.54 Å². The molecule has 1 fully saturated rings. The summed E-state index contributed by atoms with van der Waals surface area (Å²) in [5.74, 6) is 1.88. The lowest BCUT2D eigenvalue weighted by Crippen LogP contribution is -2.21. The van der Waals surface area contributed by atoms with Crippen LogP contribution in [0.4, 0.5) is 0 Å². The first-order valence-electron chi connectivity index (χ1n) is 5.56. The van der Waals surface area contributed by atoms with Crippen LogP contribution < -0.4 is 5.73 Å². The second-order valence-electron chi connectivity index (χ2n) is 4.26. The Bertz CT molecular complexity index is 104. The Morgan fingerprint density at radius 3 is 2.17 bits per heavy atom. The zero-order chi connectivity index (χ0) is 8.81. The molecule has 2 N–H and O–H groups in total. The molecule has 0 bridgehead atoms. The fourth-order valence-electron chi connectivity index (χ4n) is 2.25. The average Bonchev–Trinajstić information content (AvgIpc) is 2.15. The molecule has 1 heteroatoms. The van der Waals surface area contributed by atoms with Gasteiger partial charge in [0.2, 0.25) is 0 Å². The van der Waals surface area contributed by atoms with Crippen LogP contribution in [0.25, 0.3) is 0 Å². The van der Waals surface area contributed by atoms with E-state index in [0.717, 1.165) is 18.4 Å². The van der Waals surface area contributed by atoms with E-state index >= 15 is 0 Å². The topological polar surface area (TPSA) is 26.0 Å². The summed E-state index contributed by atoms with van der Waals surface area (Å²) in [5, 5.41) is 0. The number of hydrogen-bond acceptors (Lipinski definition) is 1. The maximum Gasteiger partial charge on any atom is -0.00489 e. The Labute approximate surface area is 76.7 Å². The van der Waals surface area contributed by atoms with Crippen molar-refractivity contribution in [2.24, 2.45) is 17.6 Å². The molecule has 0 spiro atoms. The summed E-state index contributed by atoms with van der Waals surface area (Å²) in [6, 6.07) is 0. The normalized spacial score (nSPS) is 30.5. The van der Waals surface area contributed by atoms with Crippen LogP contribution in [0.2, 0.25) is 0 Å². The molecule has 12 heavy (non-hydrogen) atoms. The Morgan fingerprint density at radius 1 is 1.08 bits per heavy atom. The van der Waals surface area contributed by atoms with Crippen LogP contribution in [0.15, 0.2) is 0 Å². The van der Waals surface area contributed by atoms with Gasteiger partial charge in [0.1, 0.15) is 0 Å². The zero-order valence-corrected chi connectivity index (χ0v) is 8.39. The molecule has 1 saturated carbocycles. The van der Waals surface area contributed by atoms with Crippen molar-refractivity contribution in [3.05, 3.63) is 0 Å². The summed E-state index contributed by atoms with van der Waals surface area (Å²) < 4.78 is 0. The van der Waals surface area contributed by atoms with E-state index in [2.05, 4.69) is 6.92 Å². The van der Waals surface area contributed by atoms with E-state index in [0.29, 0.717) is 0 Å². The molecule has 72 valence electrons. The van der Waals surface area contributed by atoms with Gasteiger partial charge in [0.05, 0.1) is 0 Å². The molecule has 0 heterocycles. The van der Waals surface area contributed by atoms with Crippen molar-refractivity contribution in [3.63, 3.8) is 0 Å². The molecule has 0 aliphatic heterocycles. The lowest BCUT2D eigenvalue weighted by atomic mass is 9.80. The molecule has 1 rings (SSSR count). The molecule has 0 amide bonds. The molecule has 0 unspecified atom stereocenters. The van der Waals surface area contributed by atoms with E-state index in [1.54, 1.807) is 0 Å².